The molecule has 20 heavy (non-hydrogen) atoms. The predicted molar refractivity (Wildman–Crippen MR) is 80.2 cm³/mol. The summed E-state index contributed by atoms with van der Waals surface area (Å²) in [5, 5.41) is 3.11. The molecule has 1 atom stereocenters. The fraction of sp³-hybridized carbons (Fsp3) is 0.312. The molecule has 4 heteroatoms. The fourth-order valence-electron chi connectivity index (χ4n) is 2.12. The maximum Gasteiger partial charge on any atom is 0.146 e. The standard InChI is InChI=1S/C16H20FN3/c1-12(18-2)14-4-5-16(15(17)10-14)20(3)11-13-6-8-19-9-7-13/h4-10,12,18H,11H2,1-3H3. The lowest BCUT2D eigenvalue weighted by molar-refractivity contribution is 0.605. The molecule has 0 aliphatic rings. The second kappa shape index (κ2) is 6.48. The van der Waals surface area contributed by atoms with Crippen molar-refractivity contribution in [1.82, 2.24) is 10.3 Å². The minimum Gasteiger partial charge on any atom is -0.368 e. The van der Waals surface area contributed by atoms with Crippen LogP contribution in [-0.4, -0.2) is 19.1 Å². The molecular formula is C16H20FN3. The summed E-state index contributed by atoms with van der Waals surface area (Å²) in [6.07, 6.45) is 3.49. The molecule has 1 aromatic heterocycles. The third-order valence-corrected chi connectivity index (χ3v) is 3.49. The number of halogens is 1. The van der Waals surface area contributed by atoms with Crippen LogP contribution in [0.5, 0.6) is 0 Å². The van der Waals surface area contributed by atoms with Crippen LogP contribution < -0.4 is 10.2 Å². The van der Waals surface area contributed by atoms with E-state index in [4.69, 9.17) is 0 Å². The van der Waals surface area contributed by atoms with Gasteiger partial charge >= 0.3 is 0 Å². The number of nitrogens with one attached hydrogen (secondary N) is 1. The van der Waals surface area contributed by atoms with Gasteiger partial charge in [0.25, 0.3) is 0 Å². The van der Waals surface area contributed by atoms with Crippen LogP contribution in [0.25, 0.3) is 0 Å². The molecule has 0 fully saturated rings. The topological polar surface area (TPSA) is 28.2 Å². The highest BCUT2D eigenvalue weighted by atomic mass is 19.1. The molecule has 3 nitrogen and oxygen atoms in total. The van der Waals surface area contributed by atoms with Crippen LogP contribution >= 0.6 is 0 Å². The molecule has 0 aliphatic heterocycles. The number of nitrogens with zero attached hydrogens (tertiary/aromatic N) is 2. The van der Waals surface area contributed by atoms with Gasteiger partial charge in [0.2, 0.25) is 0 Å². The Labute approximate surface area is 119 Å². The van der Waals surface area contributed by atoms with E-state index in [0.717, 1.165) is 11.1 Å². The van der Waals surface area contributed by atoms with Crippen LogP contribution in [0.3, 0.4) is 0 Å². The normalized spacial score (nSPS) is 12.2. The van der Waals surface area contributed by atoms with Crippen LogP contribution in [-0.2, 0) is 6.54 Å². The first-order valence-corrected chi connectivity index (χ1v) is 6.68. The summed E-state index contributed by atoms with van der Waals surface area (Å²) in [4.78, 5) is 5.89. The van der Waals surface area contributed by atoms with Crippen LogP contribution in [0, 0.1) is 5.82 Å². The van der Waals surface area contributed by atoms with E-state index in [2.05, 4.69) is 10.3 Å². The first-order valence-electron chi connectivity index (χ1n) is 6.68. The summed E-state index contributed by atoms with van der Waals surface area (Å²) >= 11 is 0. The number of pyridine rings is 1. The van der Waals surface area contributed by atoms with Gasteiger partial charge in [-0.1, -0.05) is 6.07 Å². The average molecular weight is 273 g/mol. The zero-order valence-corrected chi connectivity index (χ0v) is 12.1. The minimum atomic E-state index is -0.193. The van der Waals surface area contributed by atoms with Gasteiger partial charge in [0, 0.05) is 32.0 Å². The van der Waals surface area contributed by atoms with E-state index in [-0.39, 0.29) is 11.9 Å². The molecule has 106 valence electrons. The Balaban J connectivity index is 2.16. The van der Waals surface area contributed by atoms with Gasteiger partial charge in [-0.05, 0) is 49.4 Å². The SMILES string of the molecule is CNC(C)c1ccc(N(C)Cc2ccncc2)c(F)c1. The molecule has 2 rings (SSSR count). The molecule has 0 aliphatic carbocycles. The van der Waals surface area contributed by atoms with Crippen molar-refractivity contribution >= 4 is 5.69 Å². The molecule has 1 unspecified atom stereocenters. The molecule has 0 saturated carbocycles. The zero-order valence-electron chi connectivity index (χ0n) is 12.1. The van der Waals surface area contributed by atoms with Gasteiger partial charge < -0.3 is 10.2 Å². The van der Waals surface area contributed by atoms with Crippen LogP contribution in [0.2, 0.25) is 0 Å². The summed E-state index contributed by atoms with van der Waals surface area (Å²) in [5.41, 5.74) is 2.66. The van der Waals surface area contributed by atoms with E-state index >= 15 is 0 Å². The maximum absolute atomic E-state index is 14.2. The summed E-state index contributed by atoms with van der Waals surface area (Å²) in [7, 11) is 3.76. The Hall–Kier alpha value is -1.94. The van der Waals surface area contributed by atoms with Crippen LogP contribution in [0.1, 0.15) is 24.1 Å². The lowest BCUT2D eigenvalue weighted by Crippen LogP contribution is -2.18. The molecular weight excluding hydrogens is 253 g/mol. The van der Waals surface area contributed by atoms with Crippen molar-refractivity contribution in [2.75, 3.05) is 19.0 Å². The van der Waals surface area contributed by atoms with E-state index in [9.17, 15) is 4.39 Å². The van der Waals surface area contributed by atoms with Crippen molar-refractivity contribution in [3.63, 3.8) is 0 Å². The number of anilines is 1. The van der Waals surface area contributed by atoms with Gasteiger partial charge in [-0.15, -0.1) is 0 Å². The maximum atomic E-state index is 14.2. The highest BCUT2D eigenvalue weighted by Gasteiger charge is 2.11. The molecule has 0 amide bonds. The van der Waals surface area contributed by atoms with Crippen LogP contribution in [0.15, 0.2) is 42.7 Å². The van der Waals surface area contributed by atoms with E-state index < -0.39 is 0 Å². The predicted octanol–water partition coefficient (Wildman–Crippen LogP) is 3.14. The van der Waals surface area contributed by atoms with Crippen molar-refractivity contribution in [2.24, 2.45) is 0 Å². The Morgan fingerprint density at radius 2 is 1.95 bits per heavy atom. The summed E-state index contributed by atoms with van der Waals surface area (Å²) in [6.45, 7) is 2.66. The van der Waals surface area contributed by atoms with Crippen molar-refractivity contribution in [1.29, 1.82) is 0 Å². The lowest BCUT2D eigenvalue weighted by atomic mass is 10.1. The molecule has 1 heterocycles. The van der Waals surface area contributed by atoms with Gasteiger partial charge in [0.05, 0.1) is 5.69 Å². The lowest BCUT2D eigenvalue weighted by Gasteiger charge is -2.21. The highest BCUT2D eigenvalue weighted by Crippen LogP contribution is 2.23. The molecule has 0 saturated heterocycles. The van der Waals surface area contributed by atoms with E-state index in [0.29, 0.717) is 12.2 Å². The third kappa shape index (κ3) is 3.33. The van der Waals surface area contributed by atoms with Crippen molar-refractivity contribution in [3.05, 3.63) is 59.7 Å². The first-order chi connectivity index (χ1) is 9.61. The van der Waals surface area contributed by atoms with Gasteiger partial charge in [-0.2, -0.15) is 0 Å². The second-order valence-electron chi connectivity index (χ2n) is 4.93. The van der Waals surface area contributed by atoms with Crippen molar-refractivity contribution < 1.29 is 4.39 Å². The molecule has 2 aromatic rings. The number of aromatic nitrogens is 1. The monoisotopic (exact) mass is 273 g/mol. The van der Waals surface area contributed by atoms with E-state index in [1.54, 1.807) is 18.5 Å². The smallest absolute Gasteiger partial charge is 0.146 e. The van der Waals surface area contributed by atoms with Gasteiger partial charge in [0.1, 0.15) is 5.82 Å². The van der Waals surface area contributed by atoms with Crippen LogP contribution in [0.4, 0.5) is 10.1 Å². The molecule has 0 bridgehead atoms. The highest BCUT2D eigenvalue weighted by molar-refractivity contribution is 5.49. The zero-order chi connectivity index (χ0) is 14.5. The van der Waals surface area contributed by atoms with Crippen molar-refractivity contribution in [2.45, 2.75) is 19.5 Å². The minimum absolute atomic E-state index is 0.143. The number of rotatable bonds is 5. The Kier molecular flexibility index (Phi) is 4.69. The largest absolute Gasteiger partial charge is 0.368 e. The number of hydrogen-bond donors (Lipinski definition) is 1. The van der Waals surface area contributed by atoms with Gasteiger partial charge in [-0.25, -0.2) is 4.39 Å². The Morgan fingerprint density at radius 3 is 2.55 bits per heavy atom. The molecule has 1 aromatic carbocycles. The second-order valence-corrected chi connectivity index (χ2v) is 4.93. The van der Waals surface area contributed by atoms with E-state index in [1.165, 1.54) is 0 Å². The number of hydrogen-bond acceptors (Lipinski definition) is 3. The first kappa shape index (κ1) is 14.5. The van der Waals surface area contributed by atoms with Gasteiger partial charge in [0.15, 0.2) is 0 Å². The fourth-order valence-corrected chi connectivity index (χ4v) is 2.12. The summed E-state index contributed by atoms with van der Waals surface area (Å²) in [5.74, 6) is -0.193. The number of benzene rings is 1. The van der Waals surface area contributed by atoms with E-state index in [1.807, 2.05) is 50.2 Å². The average Bonchev–Trinajstić information content (AvgIpc) is 2.47. The van der Waals surface area contributed by atoms with Gasteiger partial charge in [-0.3, -0.25) is 4.98 Å². The molecule has 0 spiro atoms. The third-order valence-electron chi connectivity index (χ3n) is 3.49. The van der Waals surface area contributed by atoms with Crippen molar-refractivity contribution in [3.8, 4) is 0 Å². The molecule has 1 N–H and O–H groups in total. The summed E-state index contributed by atoms with van der Waals surface area (Å²) in [6, 6.07) is 9.41. The summed E-state index contributed by atoms with van der Waals surface area (Å²) < 4.78 is 14.2. The Bertz CT molecular complexity index is 557. The Morgan fingerprint density at radius 1 is 1.25 bits per heavy atom. The molecule has 0 radical (unpaired) electrons. The quantitative estimate of drug-likeness (QED) is 0.907.